The molecule has 1 aromatic heterocycles. The van der Waals surface area contributed by atoms with Crippen LogP contribution in [0.3, 0.4) is 0 Å². The summed E-state index contributed by atoms with van der Waals surface area (Å²) in [6.45, 7) is 0.549. The number of hydrogen-bond donors (Lipinski definition) is 1. The highest BCUT2D eigenvalue weighted by Gasteiger charge is 2.04. The molecule has 0 aliphatic rings. The van der Waals surface area contributed by atoms with Crippen molar-refractivity contribution in [2.45, 2.75) is 6.61 Å². The zero-order chi connectivity index (χ0) is 14.5. The third-order valence-corrected chi connectivity index (χ3v) is 3.10. The molecule has 0 bridgehead atoms. The van der Waals surface area contributed by atoms with Crippen molar-refractivity contribution in [1.82, 2.24) is 9.97 Å². The van der Waals surface area contributed by atoms with E-state index >= 15 is 0 Å². The molecule has 4 nitrogen and oxygen atoms in total. The largest absolute Gasteiger partial charge is 0.489 e. The predicted molar refractivity (Wildman–Crippen MR) is 82.7 cm³/mol. The Morgan fingerprint density at radius 3 is 2.29 bits per heavy atom. The van der Waals surface area contributed by atoms with E-state index in [1.54, 1.807) is 12.4 Å². The predicted octanol–water partition coefficient (Wildman–Crippen LogP) is 3.30. The van der Waals surface area contributed by atoms with E-state index in [9.17, 15) is 0 Å². The standard InChI is InChI=1S/C17H15N3O/c18-17-16(19-10-11-20-17)14-6-8-15(9-7-14)21-12-13-4-2-1-3-5-13/h1-11H,12H2,(H2,18,20). The molecule has 0 atom stereocenters. The molecule has 3 aromatic rings. The van der Waals surface area contributed by atoms with Gasteiger partial charge in [-0.3, -0.25) is 4.98 Å². The molecule has 2 aromatic carbocycles. The molecule has 0 aliphatic heterocycles. The first-order chi connectivity index (χ1) is 10.3. The van der Waals surface area contributed by atoms with Crippen molar-refractivity contribution in [3.63, 3.8) is 0 Å². The third kappa shape index (κ3) is 3.17. The number of benzene rings is 2. The lowest BCUT2D eigenvalue weighted by molar-refractivity contribution is 0.306. The van der Waals surface area contributed by atoms with Crippen LogP contribution in [0.2, 0.25) is 0 Å². The topological polar surface area (TPSA) is 61.0 Å². The quantitative estimate of drug-likeness (QED) is 0.794. The van der Waals surface area contributed by atoms with E-state index in [0.717, 1.165) is 16.9 Å². The molecule has 0 fully saturated rings. The van der Waals surface area contributed by atoms with Crippen LogP contribution >= 0.6 is 0 Å². The Labute approximate surface area is 123 Å². The van der Waals surface area contributed by atoms with Gasteiger partial charge in [-0.05, 0) is 29.8 Å². The van der Waals surface area contributed by atoms with E-state index in [4.69, 9.17) is 10.5 Å². The normalized spacial score (nSPS) is 10.3. The Morgan fingerprint density at radius 1 is 0.857 bits per heavy atom. The molecule has 0 unspecified atom stereocenters. The summed E-state index contributed by atoms with van der Waals surface area (Å²) in [7, 11) is 0. The van der Waals surface area contributed by atoms with Gasteiger partial charge in [-0.25, -0.2) is 4.98 Å². The SMILES string of the molecule is Nc1nccnc1-c1ccc(OCc2ccccc2)cc1. The second-order valence-corrected chi connectivity index (χ2v) is 4.59. The molecule has 1 heterocycles. The van der Waals surface area contributed by atoms with Crippen LogP contribution in [0.1, 0.15) is 5.56 Å². The van der Waals surface area contributed by atoms with Gasteiger partial charge in [0, 0.05) is 18.0 Å². The van der Waals surface area contributed by atoms with Crippen molar-refractivity contribution in [3.05, 3.63) is 72.6 Å². The lowest BCUT2D eigenvalue weighted by Crippen LogP contribution is -1.97. The summed E-state index contributed by atoms with van der Waals surface area (Å²) in [5, 5.41) is 0. The number of nitrogens with zero attached hydrogens (tertiary/aromatic N) is 2. The highest BCUT2D eigenvalue weighted by Crippen LogP contribution is 2.24. The number of nitrogens with two attached hydrogens (primary N) is 1. The maximum atomic E-state index is 5.82. The molecule has 4 heteroatoms. The lowest BCUT2D eigenvalue weighted by atomic mass is 10.1. The van der Waals surface area contributed by atoms with Crippen molar-refractivity contribution in [1.29, 1.82) is 0 Å². The average molecular weight is 277 g/mol. The van der Waals surface area contributed by atoms with Crippen molar-refractivity contribution in [3.8, 4) is 17.0 Å². The van der Waals surface area contributed by atoms with Gasteiger partial charge in [-0.1, -0.05) is 30.3 Å². The molecule has 0 saturated heterocycles. The van der Waals surface area contributed by atoms with Crippen LogP contribution in [0.5, 0.6) is 5.75 Å². The van der Waals surface area contributed by atoms with E-state index in [1.165, 1.54) is 0 Å². The molecule has 104 valence electrons. The summed E-state index contributed by atoms with van der Waals surface area (Å²) in [5.41, 5.74) is 8.57. The average Bonchev–Trinajstić information content (AvgIpc) is 2.55. The summed E-state index contributed by atoms with van der Waals surface area (Å²) in [4.78, 5) is 8.28. The fraction of sp³-hybridized carbons (Fsp3) is 0.0588. The fourth-order valence-electron chi connectivity index (χ4n) is 2.02. The zero-order valence-electron chi connectivity index (χ0n) is 11.4. The van der Waals surface area contributed by atoms with Gasteiger partial charge in [0.2, 0.25) is 0 Å². The number of rotatable bonds is 4. The summed E-state index contributed by atoms with van der Waals surface area (Å²) in [6.07, 6.45) is 3.21. The minimum absolute atomic E-state index is 0.426. The molecule has 2 N–H and O–H groups in total. The molecule has 0 saturated carbocycles. The van der Waals surface area contributed by atoms with Gasteiger partial charge in [0.15, 0.2) is 0 Å². The Bertz CT molecular complexity index is 712. The summed E-state index contributed by atoms with van der Waals surface area (Å²) in [6, 6.07) is 17.7. The third-order valence-electron chi connectivity index (χ3n) is 3.10. The summed E-state index contributed by atoms with van der Waals surface area (Å²) >= 11 is 0. The Balaban J connectivity index is 1.71. The van der Waals surface area contributed by atoms with Crippen LogP contribution < -0.4 is 10.5 Å². The maximum Gasteiger partial charge on any atom is 0.149 e. The van der Waals surface area contributed by atoms with Crippen LogP contribution in [0.25, 0.3) is 11.3 Å². The molecule has 3 rings (SSSR count). The number of anilines is 1. The van der Waals surface area contributed by atoms with E-state index in [1.807, 2.05) is 54.6 Å². The molecule has 21 heavy (non-hydrogen) atoms. The van der Waals surface area contributed by atoms with E-state index < -0.39 is 0 Å². The smallest absolute Gasteiger partial charge is 0.149 e. The van der Waals surface area contributed by atoms with Gasteiger partial charge in [0.25, 0.3) is 0 Å². The van der Waals surface area contributed by atoms with Gasteiger partial charge < -0.3 is 10.5 Å². The molecule has 0 aliphatic carbocycles. The number of aromatic nitrogens is 2. The molecular weight excluding hydrogens is 262 g/mol. The van der Waals surface area contributed by atoms with E-state index in [0.29, 0.717) is 18.1 Å². The Hall–Kier alpha value is -2.88. The van der Waals surface area contributed by atoms with Crippen LogP contribution in [-0.2, 0) is 6.61 Å². The minimum Gasteiger partial charge on any atom is -0.489 e. The monoisotopic (exact) mass is 277 g/mol. The minimum atomic E-state index is 0.426. The van der Waals surface area contributed by atoms with Crippen molar-refractivity contribution < 1.29 is 4.74 Å². The Morgan fingerprint density at radius 2 is 1.57 bits per heavy atom. The second-order valence-electron chi connectivity index (χ2n) is 4.59. The highest BCUT2D eigenvalue weighted by atomic mass is 16.5. The van der Waals surface area contributed by atoms with Crippen molar-refractivity contribution >= 4 is 5.82 Å². The number of hydrogen-bond acceptors (Lipinski definition) is 4. The summed E-state index contributed by atoms with van der Waals surface area (Å²) < 4.78 is 5.75. The van der Waals surface area contributed by atoms with Gasteiger partial charge in [0.05, 0.1) is 0 Å². The first-order valence-electron chi connectivity index (χ1n) is 6.66. The van der Waals surface area contributed by atoms with Gasteiger partial charge in [-0.15, -0.1) is 0 Å². The van der Waals surface area contributed by atoms with Crippen LogP contribution in [0, 0.1) is 0 Å². The second kappa shape index (κ2) is 6.05. The molecular formula is C17H15N3O. The Kier molecular flexibility index (Phi) is 3.78. The van der Waals surface area contributed by atoms with Crippen LogP contribution in [0.15, 0.2) is 67.0 Å². The summed E-state index contributed by atoms with van der Waals surface area (Å²) in [5.74, 6) is 1.24. The van der Waals surface area contributed by atoms with Crippen LogP contribution in [0.4, 0.5) is 5.82 Å². The molecule has 0 spiro atoms. The number of ether oxygens (including phenoxy) is 1. The van der Waals surface area contributed by atoms with Crippen LogP contribution in [-0.4, -0.2) is 9.97 Å². The van der Waals surface area contributed by atoms with Crippen molar-refractivity contribution in [2.75, 3.05) is 5.73 Å². The van der Waals surface area contributed by atoms with Gasteiger partial charge >= 0.3 is 0 Å². The highest BCUT2D eigenvalue weighted by molar-refractivity contribution is 5.69. The zero-order valence-corrected chi connectivity index (χ0v) is 11.4. The van der Waals surface area contributed by atoms with E-state index in [-0.39, 0.29) is 0 Å². The first kappa shape index (κ1) is 13.1. The first-order valence-corrected chi connectivity index (χ1v) is 6.66. The number of nitrogen functional groups attached to an aromatic ring is 1. The van der Waals surface area contributed by atoms with Gasteiger partial charge in [0.1, 0.15) is 23.9 Å². The van der Waals surface area contributed by atoms with Gasteiger partial charge in [-0.2, -0.15) is 0 Å². The molecule has 0 radical (unpaired) electrons. The maximum absolute atomic E-state index is 5.82. The van der Waals surface area contributed by atoms with E-state index in [2.05, 4.69) is 9.97 Å². The lowest BCUT2D eigenvalue weighted by Gasteiger charge is -2.08. The molecule has 0 amide bonds. The van der Waals surface area contributed by atoms with Crippen molar-refractivity contribution in [2.24, 2.45) is 0 Å². The fourth-order valence-corrected chi connectivity index (χ4v) is 2.02.